The maximum atomic E-state index is 5.38. The second-order valence-corrected chi connectivity index (χ2v) is 4.78. The summed E-state index contributed by atoms with van der Waals surface area (Å²) in [6, 6.07) is 8.13. The van der Waals surface area contributed by atoms with Crippen LogP contribution in [-0.2, 0) is 0 Å². The van der Waals surface area contributed by atoms with Crippen molar-refractivity contribution in [3.05, 3.63) is 45.9 Å². The fourth-order valence-corrected chi connectivity index (χ4v) is 2.55. The highest BCUT2D eigenvalue weighted by Gasteiger charge is 2.10. The number of nitrogens with zero attached hydrogens (tertiary/aromatic N) is 1. The molecular formula is C14H14N2S. The largest absolute Gasteiger partial charge is 0.378 e. The zero-order valence-electron chi connectivity index (χ0n) is 9.90. The highest BCUT2D eigenvalue weighted by molar-refractivity contribution is 7.09. The summed E-state index contributed by atoms with van der Waals surface area (Å²) < 4.78 is 0. The van der Waals surface area contributed by atoms with Gasteiger partial charge in [-0.2, -0.15) is 0 Å². The molecule has 1 N–H and O–H groups in total. The molecule has 0 amide bonds. The van der Waals surface area contributed by atoms with Gasteiger partial charge in [0.1, 0.15) is 0 Å². The van der Waals surface area contributed by atoms with Gasteiger partial charge in [-0.25, -0.2) is 4.98 Å². The van der Waals surface area contributed by atoms with E-state index in [0.717, 1.165) is 16.9 Å². The lowest BCUT2D eigenvalue weighted by atomic mass is 10.2. The van der Waals surface area contributed by atoms with Crippen LogP contribution in [0.1, 0.15) is 29.1 Å². The van der Waals surface area contributed by atoms with Crippen LogP contribution < -0.4 is 5.32 Å². The Morgan fingerprint density at radius 2 is 2.29 bits per heavy atom. The van der Waals surface area contributed by atoms with E-state index in [1.54, 1.807) is 11.3 Å². The van der Waals surface area contributed by atoms with E-state index in [1.165, 1.54) is 4.88 Å². The van der Waals surface area contributed by atoms with E-state index in [1.807, 2.05) is 36.7 Å². The zero-order chi connectivity index (χ0) is 12.3. The molecule has 2 rings (SSSR count). The fraction of sp³-hybridized carbons (Fsp3) is 0.214. The molecule has 1 unspecified atom stereocenters. The van der Waals surface area contributed by atoms with Gasteiger partial charge >= 0.3 is 0 Å². The lowest BCUT2D eigenvalue weighted by Gasteiger charge is -2.14. The van der Waals surface area contributed by atoms with E-state index >= 15 is 0 Å². The SMILES string of the molecule is C#Cc1cccc(NC(C)c2scnc2C)c1. The summed E-state index contributed by atoms with van der Waals surface area (Å²) in [5.74, 6) is 2.64. The molecule has 0 aliphatic heterocycles. The highest BCUT2D eigenvalue weighted by atomic mass is 32.1. The third-order valence-electron chi connectivity index (χ3n) is 2.59. The predicted molar refractivity (Wildman–Crippen MR) is 73.3 cm³/mol. The quantitative estimate of drug-likeness (QED) is 0.832. The summed E-state index contributed by atoms with van der Waals surface area (Å²) in [6.45, 7) is 4.16. The first-order chi connectivity index (χ1) is 8.20. The fourth-order valence-electron chi connectivity index (χ4n) is 1.74. The molecule has 0 aliphatic rings. The van der Waals surface area contributed by atoms with Gasteiger partial charge in [0.15, 0.2) is 0 Å². The van der Waals surface area contributed by atoms with Crippen molar-refractivity contribution < 1.29 is 0 Å². The van der Waals surface area contributed by atoms with Crippen molar-refractivity contribution >= 4 is 17.0 Å². The number of anilines is 1. The van der Waals surface area contributed by atoms with Gasteiger partial charge in [0, 0.05) is 16.1 Å². The Balaban J connectivity index is 2.16. The van der Waals surface area contributed by atoms with Crippen molar-refractivity contribution in [2.75, 3.05) is 5.32 Å². The second-order valence-electron chi connectivity index (χ2n) is 3.89. The minimum atomic E-state index is 0.246. The molecule has 86 valence electrons. The van der Waals surface area contributed by atoms with Crippen LogP contribution in [0, 0.1) is 19.3 Å². The molecule has 0 fully saturated rings. The standard InChI is InChI=1S/C14H14N2S/c1-4-12-6-5-7-13(8-12)16-11(3)14-10(2)15-9-17-14/h1,5-9,11,16H,2-3H3. The highest BCUT2D eigenvalue weighted by Crippen LogP contribution is 2.25. The van der Waals surface area contributed by atoms with Crippen LogP contribution in [0.3, 0.4) is 0 Å². The van der Waals surface area contributed by atoms with Gasteiger partial charge in [0.2, 0.25) is 0 Å². The van der Waals surface area contributed by atoms with E-state index in [4.69, 9.17) is 6.42 Å². The van der Waals surface area contributed by atoms with Crippen molar-refractivity contribution in [1.82, 2.24) is 4.98 Å². The number of aryl methyl sites for hydroxylation is 1. The minimum absolute atomic E-state index is 0.246. The van der Waals surface area contributed by atoms with Crippen molar-refractivity contribution in [3.8, 4) is 12.3 Å². The average Bonchev–Trinajstić information content (AvgIpc) is 2.76. The van der Waals surface area contributed by atoms with E-state index in [-0.39, 0.29) is 6.04 Å². The molecule has 1 heterocycles. The molecule has 2 nitrogen and oxygen atoms in total. The van der Waals surface area contributed by atoms with Crippen molar-refractivity contribution in [2.45, 2.75) is 19.9 Å². The normalized spacial score (nSPS) is 11.8. The Labute approximate surface area is 106 Å². The van der Waals surface area contributed by atoms with Gasteiger partial charge in [-0.15, -0.1) is 17.8 Å². The van der Waals surface area contributed by atoms with E-state index in [0.29, 0.717) is 0 Å². The summed E-state index contributed by atoms with van der Waals surface area (Å²) in [5, 5.41) is 3.43. The topological polar surface area (TPSA) is 24.9 Å². The maximum Gasteiger partial charge on any atom is 0.0798 e. The Morgan fingerprint density at radius 1 is 1.47 bits per heavy atom. The summed E-state index contributed by atoms with van der Waals surface area (Å²) in [7, 11) is 0. The number of rotatable bonds is 3. The molecule has 0 saturated heterocycles. The number of terminal acetylenes is 1. The van der Waals surface area contributed by atoms with Crippen LogP contribution >= 0.6 is 11.3 Å². The van der Waals surface area contributed by atoms with Crippen molar-refractivity contribution in [1.29, 1.82) is 0 Å². The molecule has 3 heteroatoms. The lowest BCUT2D eigenvalue weighted by molar-refractivity contribution is 0.890. The van der Waals surface area contributed by atoms with Gasteiger partial charge in [-0.1, -0.05) is 12.0 Å². The smallest absolute Gasteiger partial charge is 0.0798 e. The number of nitrogens with one attached hydrogen (secondary N) is 1. The first kappa shape index (κ1) is 11.7. The third kappa shape index (κ3) is 2.66. The number of aromatic nitrogens is 1. The first-order valence-electron chi connectivity index (χ1n) is 5.44. The molecule has 0 spiro atoms. The van der Waals surface area contributed by atoms with Crippen LogP contribution in [0.5, 0.6) is 0 Å². The zero-order valence-corrected chi connectivity index (χ0v) is 10.7. The molecule has 0 bridgehead atoms. The molecule has 17 heavy (non-hydrogen) atoms. The summed E-state index contributed by atoms with van der Waals surface area (Å²) in [6.07, 6.45) is 5.38. The summed E-state index contributed by atoms with van der Waals surface area (Å²) in [5.41, 5.74) is 4.90. The van der Waals surface area contributed by atoms with Crippen LogP contribution in [-0.4, -0.2) is 4.98 Å². The van der Waals surface area contributed by atoms with Gasteiger partial charge in [-0.05, 0) is 32.0 Å². The first-order valence-corrected chi connectivity index (χ1v) is 6.32. The van der Waals surface area contributed by atoms with Gasteiger partial charge < -0.3 is 5.32 Å². The third-order valence-corrected chi connectivity index (χ3v) is 3.70. The average molecular weight is 242 g/mol. The Morgan fingerprint density at radius 3 is 2.94 bits per heavy atom. The molecule has 2 aromatic rings. The number of benzene rings is 1. The monoisotopic (exact) mass is 242 g/mol. The molecular weight excluding hydrogens is 228 g/mol. The van der Waals surface area contributed by atoms with Crippen molar-refractivity contribution in [3.63, 3.8) is 0 Å². The molecule has 1 aromatic heterocycles. The van der Waals surface area contributed by atoms with Gasteiger partial charge in [-0.3, -0.25) is 0 Å². The Kier molecular flexibility index (Phi) is 3.46. The van der Waals surface area contributed by atoms with Crippen LogP contribution in [0.4, 0.5) is 5.69 Å². The molecule has 0 radical (unpaired) electrons. The van der Waals surface area contributed by atoms with Crippen molar-refractivity contribution in [2.24, 2.45) is 0 Å². The summed E-state index contributed by atoms with van der Waals surface area (Å²) >= 11 is 1.67. The second kappa shape index (κ2) is 5.03. The van der Waals surface area contributed by atoms with Crippen LogP contribution in [0.25, 0.3) is 0 Å². The number of thiazole rings is 1. The van der Waals surface area contributed by atoms with Gasteiger partial charge in [0.25, 0.3) is 0 Å². The van der Waals surface area contributed by atoms with Crippen LogP contribution in [0.15, 0.2) is 29.8 Å². The number of hydrogen-bond acceptors (Lipinski definition) is 3. The summed E-state index contributed by atoms with van der Waals surface area (Å²) in [4.78, 5) is 5.52. The van der Waals surface area contributed by atoms with Crippen LogP contribution in [0.2, 0.25) is 0 Å². The van der Waals surface area contributed by atoms with E-state index in [9.17, 15) is 0 Å². The Bertz CT molecular complexity index is 551. The van der Waals surface area contributed by atoms with E-state index in [2.05, 4.69) is 23.1 Å². The molecule has 0 saturated carbocycles. The maximum absolute atomic E-state index is 5.38. The molecule has 0 aliphatic carbocycles. The van der Waals surface area contributed by atoms with Gasteiger partial charge in [0.05, 0.1) is 17.2 Å². The lowest BCUT2D eigenvalue weighted by Crippen LogP contribution is -2.06. The molecule has 1 atom stereocenters. The molecule has 1 aromatic carbocycles. The van der Waals surface area contributed by atoms with E-state index < -0.39 is 0 Å². The Hall–Kier alpha value is -1.79. The minimum Gasteiger partial charge on any atom is -0.378 e. The predicted octanol–water partition coefficient (Wildman–Crippen LogP) is 3.61. The number of hydrogen-bond donors (Lipinski definition) is 1.